The Labute approximate surface area is 238 Å². The van der Waals surface area contributed by atoms with Crippen LogP contribution < -0.4 is 14.8 Å². The number of nitrogens with zero attached hydrogens (tertiary/aromatic N) is 1. The van der Waals surface area contributed by atoms with Gasteiger partial charge in [0.2, 0.25) is 5.91 Å². The third-order valence-electron chi connectivity index (χ3n) is 7.65. The van der Waals surface area contributed by atoms with Crippen LogP contribution >= 0.6 is 15.9 Å². The van der Waals surface area contributed by atoms with Gasteiger partial charge in [-0.3, -0.25) is 14.6 Å². The van der Waals surface area contributed by atoms with Crippen LogP contribution in [-0.2, 0) is 9.59 Å². The molecule has 4 rings (SSSR count). The molecule has 2 aliphatic rings. The maximum Gasteiger partial charge on any atom is 0.250 e. The molecule has 208 valence electrons. The molecule has 1 fully saturated rings. The number of allylic oxidation sites excluding steroid dienone is 1. The Morgan fingerprint density at radius 2 is 1.90 bits per heavy atom. The van der Waals surface area contributed by atoms with Crippen molar-refractivity contribution in [2.45, 2.75) is 65.3 Å². The molecule has 2 aromatic rings. The number of amides is 1. The van der Waals surface area contributed by atoms with Crippen LogP contribution in [0, 0.1) is 11.8 Å². The number of ketones is 1. The van der Waals surface area contributed by atoms with E-state index in [1.807, 2.05) is 45.0 Å². The summed E-state index contributed by atoms with van der Waals surface area (Å²) >= 11 is 3.45. The minimum absolute atomic E-state index is 0.0110. The van der Waals surface area contributed by atoms with Crippen molar-refractivity contribution in [3.8, 4) is 17.2 Å². The summed E-state index contributed by atoms with van der Waals surface area (Å²) < 4.78 is 11.4. The Balaban J connectivity index is 1.77. The number of hydrogen-bond donors (Lipinski definition) is 2. The SMILES string of the molecule is CCC[C@@H]1CC(=O)C2C(=NC(C)=C(C(=O)N[C@@H](C)c3ccc(OC)cc3)[C@H]2c2cc(Br)c(O)c(OCC)c2)C1. The Hall–Kier alpha value is -3.13. The average Bonchev–Trinajstić information content (AvgIpc) is 2.90. The number of carbonyl (C=O) groups excluding carboxylic acids is 2. The van der Waals surface area contributed by atoms with Crippen molar-refractivity contribution in [3.63, 3.8) is 0 Å². The number of benzene rings is 2. The van der Waals surface area contributed by atoms with Crippen LogP contribution in [0.2, 0.25) is 0 Å². The van der Waals surface area contributed by atoms with Gasteiger partial charge in [0, 0.05) is 29.3 Å². The number of aromatic hydroxyl groups is 1. The second-order valence-corrected chi connectivity index (χ2v) is 11.2. The van der Waals surface area contributed by atoms with Crippen LogP contribution in [0.5, 0.6) is 17.2 Å². The van der Waals surface area contributed by atoms with Crippen molar-refractivity contribution in [1.82, 2.24) is 5.32 Å². The van der Waals surface area contributed by atoms with E-state index in [1.54, 1.807) is 19.2 Å². The number of hydrogen-bond acceptors (Lipinski definition) is 6. The van der Waals surface area contributed by atoms with E-state index in [-0.39, 0.29) is 29.4 Å². The zero-order valence-corrected chi connectivity index (χ0v) is 24.8. The molecule has 39 heavy (non-hydrogen) atoms. The van der Waals surface area contributed by atoms with E-state index in [9.17, 15) is 14.7 Å². The molecule has 0 aromatic heterocycles. The van der Waals surface area contributed by atoms with Gasteiger partial charge in [0.05, 0.1) is 30.1 Å². The Kier molecular flexibility index (Phi) is 9.15. The van der Waals surface area contributed by atoms with Gasteiger partial charge in [-0.1, -0.05) is 25.5 Å². The van der Waals surface area contributed by atoms with E-state index in [0.717, 1.165) is 41.9 Å². The van der Waals surface area contributed by atoms with Crippen LogP contribution in [0.15, 0.2) is 57.1 Å². The van der Waals surface area contributed by atoms with Crippen LogP contribution in [0.1, 0.15) is 76.5 Å². The molecule has 4 atom stereocenters. The van der Waals surface area contributed by atoms with Crippen molar-refractivity contribution < 1.29 is 24.2 Å². The van der Waals surface area contributed by atoms with Crippen LogP contribution in [-0.4, -0.2) is 36.2 Å². The molecule has 0 radical (unpaired) electrons. The topological polar surface area (TPSA) is 97.2 Å². The third kappa shape index (κ3) is 6.06. The first-order chi connectivity index (χ1) is 18.7. The van der Waals surface area contributed by atoms with Crippen molar-refractivity contribution in [1.29, 1.82) is 0 Å². The van der Waals surface area contributed by atoms with Crippen molar-refractivity contribution in [2.24, 2.45) is 16.8 Å². The highest BCUT2D eigenvalue weighted by atomic mass is 79.9. The highest BCUT2D eigenvalue weighted by Gasteiger charge is 2.45. The lowest BCUT2D eigenvalue weighted by molar-refractivity contribution is -0.123. The monoisotopic (exact) mass is 596 g/mol. The van der Waals surface area contributed by atoms with Gasteiger partial charge in [0.15, 0.2) is 11.5 Å². The minimum Gasteiger partial charge on any atom is -0.503 e. The van der Waals surface area contributed by atoms with Gasteiger partial charge in [-0.05, 0) is 90.9 Å². The van der Waals surface area contributed by atoms with Crippen molar-refractivity contribution in [3.05, 3.63) is 63.3 Å². The molecule has 1 saturated carbocycles. The standard InChI is InChI=1S/C31H37BrN2O5/c1-6-8-19-13-24-29(25(35)14-19)28(21-15-23(32)30(36)26(16-21)39-7-2)27(18(4)33-24)31(37)34-17(3)20-9-11-22(38-5)12-10-20/h9-12,15-17,19,28-29,36H,6-8,13-14H2,1-5H3,(H,34,37)/t17-,19-,28+,29?/m0/s1. The molecule has 1 amide bonds. The van der Waals surface area contributed by atoms with Gasteiger partial charge in [0.1, 0.15) is 11.5 Å². The molecule has 8 heteroatoms. The number of fused-ring (bicyclic) bond motifs is 1. The first-order valence-corrected chi connectivity index (χ1v) is 14.4. The predicted molar refractivity (Wildman–Crippen MR) is 156 cm³/mol. The molecule has 0 bridgehead atoms. The zero-order valence-electron chi connectivity index (χ0n) is 23.2. The second kappa shape index (κ2) is 12.4. The molecule has 1 unspecified atom stereocenters. The fourth-order valence-corrected chi connectivity index (χ4v) is 6.28. The van der Waals surface area contributed by atoms with E-state index in [4.69, 9.17) is 14.5 Å². The number of nitrogens with one attached hydrogen (secondary N) is 1. The molecule has 0 saturated heterocycles. The van der Waals surface area contributed by atoms with Gasteiger partial charge in [0.25, 0.3) is 0 Å². The lowest BCUT2D eigenvalue weighted by Gasteiger charge is -2.38. The number of ether oxygens (including phenoxy) is 2. The molecule has 1 aliphatic carbocycles. The first-order valence-electron chi connectivity index (χ1n) is 13.6. The molecule has 2 N–H and O–H groups in total. The van der Waals surface area contributed by atoms with Gasteiger partial charge in [-0.25, -0.2) is 0 Å². The van der Waals surface area contributed by atoms with E-state index in [1.165, 1.54) is 0 Å². The minimum atomic E-state index is -0.549. The Morgan fingerprint density at radius 3 is 2.54 bits per heavy atom. The van der Waals surface area contributed by atoms with Gasteiger partial charge in [-0.15, -0.1) is 0 Å². The van der Waals surface area contributed by atoms with Crippen LogP contribution in [0.3, 0.4) is 0 Å². The number of carbonyl (C=O) groups is 2. The normalized spacial score (nSPS) is 21.6. The van der Waals surface area contributed by atoms with Gasteiger partial charge >= 0.3 is 0 Å². The maximum absolute atomic E-state index is 13.9. The van der Waals surface area contributed by atoms with Crippen molar-refractivity contribution >= 4 is 33.3 Å². The maximum atomic E-state index is 13.9. The lowest BCUT2D eigenvalue weighted by atomic mass is 9.66. The number of Topliss-reactive ketones (excluding diaryl/α,β-unsaturated/α-hetero) is 1. The smallest absolute Gasteiger partial charge is 0.250 e. The van der Waals surface area contributed by atoms with E-state index < -0.39 is 11.8 Å². The van der Waals surface area contributed by atoms with Crippen LogP contribution in [0.25, 0.3) is 0 Å². The number of phenols is 1. The summed E-state index contributed by atoms with van der Waals surface area (Å²) in [4.78, 5) is 32.5. The summed E-state index contributed by atoms with van der Waals surface area (Å²) in [5, 5.41) is 13.7. The highest BCUT2D eigenvalue weighted by Crippen LogP contribution is 2.47. The van der Waals surface area contributed by atoms with Crippen molar-refractivity contribution in [2.75, 3.05) is 13.7 Å². The van der Waals surface area contributed by atoms with E-state index in [0.29, 0.717) is 34.5 Å². The fraction of sp³-hybridized carbons (Fsp3) is 0.452. The molecular weight excluding hydrogens is 560 g/mol. The lowest BCUT2D eigenvalue weighted by Crippen LogP contribution is -2.43. The summed E-state index contributed by atoms with van der Waals surface area (Å²) in [5.74, 6) is 0.0507. The molecule has 1 aliphatic heterocycles. The van der Waals surface area contributed by atoms with E-state index >= 15 is 0 Å². The Morgan fingerprint density at radius 1 is 1.18 bits per heavy atom. The largest absolute Gasteiger partial charge is 0.503 e. The first kappa shape index (κ1) is 28.9. The molecule has 1 heterocycles. The molecule has 0 spiro atoms. The second-order valence-electron chi connectivity index (χ2n) is 10.3. The quantitative estimate of drug-likeness (QED) is 0.338. The van der Waals surface area contributed by atoms with Crippen LogP contribution in [0.4, 0.5) is 0 Å². The summed E-state index contributed by atoms with van der Waals surface area (Å²) in [6, 6.07) is 10.8. The Bertz CT molecular complexity index is 1300. The number of phenolic OH excluding ortho intramolecular Hbond substituents is 1. The molecule has 7 nitrogen and oxygen atoms in total. The summed E-state index contributed by atoms with van der Waals surface area (Å²) in [7, 11) is 1.61. The van der Waals surface area contributed by atoms with E-state index in [2.05, 4.69) is 28.2 Å². The summed E-state index contributed by atoms with van der Waals surface area (Å²) in [5.41, 5.74) is 3.57. The molecule has 2 aromatic carbocycles. The summed E-state index contributed by atoms with van der Waals surface area (Å²) in [6.45, 7) is 8.10. The van der Waals surface area contributed by atoms with Gasteiger partial charge in [-0.2, -0.15) is 0 Å². The molecular formula is C31H37BrN2O5. The number of methoxy groups -OCH3 is 1. The number of halogens is 1. The number of rotatable bonds is 9. The zero-order chi connectivity index (χ0) is 28.3. The summed E-state index contributed by atoms with van der Waals surface area (Å²) in [6.07, 6.45) is 3.19. The van der Waals surface area contributed by atoms with Gasteiger partial charge < -0.3 is 19.9 Å². The average molecular weight is 598 g/mol. The fourth-order valence-electron chi connectivity index (χ4n) is 5.82. The number of aliphatic imine (C=N–C) groups is 1. The highest BCUT2D eigenvalue weighted by molar-refractivity contribution is 9.10. The third-order valence-corrected chi connectivity index (χ3v) is 8.26. The predicted octanol–water partition coefficient (Wildman–Crippen LogP) is 6.65.